The highest BCUT2D eigenvalue weighted by Gasteiger charge is 2.24. The third kappa shape index (κ3) is 7.40. The molecule has 0 aliphatic carbocycles. The van der Waals surface area contributed by atoms with Crippen LogP contribution >= 0.6 is 24.0 Å². The molecule has 1 aliphatic rings. The van der Waals surface area contributed by atoms with E-state index in [1.807, 2.05) is 32.2 Å². The maximum Gasteiger partial charge on any atom is 0.193 e. The van der Waals surface area contributed by atoms with Gasteiger partial charge in [-0.3, -0.25) is 4.99 Å². The Morgan fingerprint density at radius 3 is 2.88 bits per heavy atom. The van der Waals surface area contributed by atoms with E-state index in [1.165, 1.54) is 12.0 Å². The first-order chi connectivity index (χ1) is 11.7. The molecule has 1 aliphatic heterocycles. The molecular formula is C19H32IN3O2. The Morgan fingerprint density at radius 1 is 1.36 bits per heavy atom. The Hall–Kier alpha value is -1.02. The van der Waals surface area contributed by atoms with Crippen LogP contribution in [0.3, 0.4) is 0 Å². The standard InChI is InChI=1S/C19H31N3O2.HI/c1-4-23-15-17-10-12-22(14-17)19(20-3)21-11-7-13-24-18-9-6-5-8-16(18)2;/h5-6,8-9,17H,4,7,10-15H2,1-3H3,(H,20,21);1H. The fraction of sp³-hybridized carbons (Fsp3) is 0.632. The van der Waals surface area contributed by atoms with Gasteiger partial charge < -0.3 is 19.7 Å². The molecule has 2 rings (SSSR count). The van der Waals surface area contributed by atoms with Gasteiger partial charge in [-0.1, -0.05) is 18.2 Å². The first kappa shape index (κ1) is 22.0. The van der Waals surface area contributed by atoms with Crippen molar-refractivity contribution in [2.75, 3.05) is 46.5 Å². The summed E-state index contributed by atoms with van der Waals surface area (Å²) < 4.78 is 11.4. The molecule has 25 heavy (non-hydrogen) atoms. The summed E-state index contributed by atoms with van der Waals surface area (Å²) >= 11 is 0. The van der Waals surface area contributed by atoms with Crippen molar-refractivity contribution in [1.82, 2.24) is 10.2 Å². The van der Waals surface area contributed by atoms with Crippen molar-refractivity contribution in [3.63, 3.8) is 0 Å². The summed E-state index contributed by atoms with van der Waals surface area (Å²) in [7, 11) is 1.85. The van der Waals surface area contributed by atoms with Crippen LogP contribution in [0.15, 0.2) is 29.3 Å². The van der Waals surface area contributed by atoms with Crippen LogP contribution in [0.25, 0.3) is 0 Å². The van der Waals surface area contributed by atoms with Crippen molar-refractivity contribution in [2.24, 2.45) is 10.9 Å². The number of para-hydroxylation sites is 1. The first-order valence-corrected chi connectivity index (χ1v) is 8.96. The van der Waals surface area contributed by atoms with Crippen LogP contribution in [0, 0.1) is 12.8 Å². The number of halogens is 1. The number of aryl methyl sites for hydroxylation is 1. The first-order valence-electron chi connectivity index (χ1n) is 8.96. The van der Waals surface area contributed by atoms with Crippen molar-refractivity contribution in [3.8, 4) is 5.75 Å². The Morgan fingerprint density at radius 2 is 2.16 bits per heavy atom. The SMILES string of the molecule is CCOCC1CCN(C(=NC)NCCCOc2ccccc2C)C1.I. The van der Waals surface area contributed by atoms with Crippen molar-refractivity contribution in [1.29, 1.82) is 0 Å². The molecule has 1 fully saturated rings. The maximum absolute atomic E-state index is 5.83. The van der Waals surface area contributed by atoms with Crippen molar-refractivity contribution in [3.05, 3.63) is 29.8 Å². The number of nitrogens with zero attached hydrogens (tertiary/aromatic N) is 2. The summed E-state index contributed by atoms with van der Waals surface area (Å²) in [6.45, 7) is 9.43. The topological polar surface area (TPSA) is 46.1 Å². The minimum Gasteiger partial charge on any atom is -0.493 e. The fourth-order valence-electron chi connectivity index (χ4n) is 2.95. The summed E-state index contributed by atoms with van der Waals surface area (Å²) in [5.74, 6) is 2.58. The number of likely N-dealkylation sites (tertiary alicyclic amines) is 1. The molecule has 6 heteroatoms. The highest BCUT2D eigenvalue weighted by molar-refractivity contribution is 14.0. The molecule has 0 spiro atoms. The minimum atomic E-state index is 0. The Balaban J connectivity index is 0.00000312. The van der Waals surface area contributed by atoms with E-state index in [4.69, 9.17) is 9.47 Å². The lowest BCUT2D eigenvalue weighted by Crippen LogP contribution is -2.40. The monoisotopic (exact) mass is 461 g/mol. The number of hydrogen-bond acceptors (Lipinski definition) is 3. The van der Waals surface area contributed by atoms with Crippen molar-refractivity contribution in [2.45, 2.75) is 26.7 Å². The summed E-state index contributed by atoms with van der Waals surface area (Å²) in [6, 6.07) is 8.13. The molecule has 142 valence electrons. The second kappa shape index (κ2) is 12.4. The van der Waals surface area contributed by atoms with Gasteiger partial charge in [0.2, 0.25) is 0 Å². The molecule has 0 saturated carbocycles. The number of benzene rings is 1. The largest absolute Gasteiger partial charge is 0.493 e. The lowest BCUT2D eigenvalue weighted by Gasteiger charge is -2.21. The lowest BCUT2D eigenvalue weighted by molar-refractivity contribution is 0.114. The molecule has 1 saturated heterocycles. The molecule has 0 radical (unpaired) electrons. The molecule has 1 N–H and O–H groups in total. The highest BCUT2D eigenvalue weighted by Crippen LogP contribution is 2.17. The number of nitrogens with one attached hydrogen (secondary N) is 1. The van der Waals surface area contributed by atoms with Gasteiger partial charge in [0.05, 0.1) is 13.2 Å². The van der Waals surface area contributed by atoms with E-state index in [0.29, 0.717) is 12.5 Å². The van der Waals surface area contributed by atoms with Gasteiger partial charge in [0.1, 0.15) is 5.75 Å². The van der Waals surface area contributed by atoms with Crippen LogP contribution in [-0.2, 0) is 4.74 Å². The third-order valence-electron chi connectivity index (χ3n) is 4.31. The zero-order chi connectivity index (χ0) is 17.2. The van der Waals surface area contributed by atoms with Gasteiger partial charge in [0.15, 0.2) is 5.96 Å². The lowest BCUT2D eigenvalue weighted by atomic mass is 10.1. The zero-order valence-electron chi connectivity index (χ0n) is 15.7. The van der Waals surface area contributed by atoms with Crippen LogP contribution < -0.4 is 10.1 Å². The normalized spacial score (nSPS) is 17.3. The Bertz CT molecular complexity index is 525. The second-order valence-electron chi connectivity index (χ2n) is 6.20. The van der Waals surface area contributed by atoms with E-state index >= 15 is 0 Å². The summed E-state index contributed by atoms with van der Waals surface area (Å²) in [6.07, 6.45) is 2.13. The molecule has 5 nitrogen and oxygen atoms in total. The summed E-state index contributed by atoms with van der Waals surface area (Å²) in [4.78, 5) is 6.73. The smallest absolute Gasteiger partial charge is 0.193 e. The van der Waals surface area contributed by atoms with E-state index in [1.54, 1.807) is 0 Å². The molecular weight excluding hydrogens is 429 g/mol. The average Bonchev–Trinajstić information content (AvgIpc) is 3.06. The van der Waals surface area contributed by atoms with Gasteiger partial charge in [-0.25, -0.2) is 0 Å². The molecule has 0 amide bonds. The van der Waals surface area contributed by atoms with Crippen LogP contribution in [0.2, 0.25) is 0 Å². The van der Waals surface area contributed by atoms with Gasteiger partial charge >= 0.3 is 0 Å². The van der Waals surface area contributed by atoms with Crippen LogP contribution in [0.4, 0.5) is 0 Å². The van der Waals surface area contributed by atoms with Gasteiger partial charge in [-0.15, -0.1) is 24.0 Å². The van der Waals surface area contributed by atoms with Gasteiger partial charge in [0, 0.05) is 39.2 Å². The van der Waals surface area contributed by atoms with E-state index in [2.05, 4.69) is 28.2 Å². The zero-order valence-corrected chi connectivity index (χ0v) is 18.0. The number of aliphatic imine (C=N–C) groups is 1. The molecule has 1 unspecified atom stereocenters. The summed E-state index contributed by atoms with van der Waals surface area (Å²) in [5, 5.41) is 3.44. The van der Waals surface area contributed by atoms with E-state index in [9.17, 15) is 0 Å². The number of ether oxygens (including phenoxy) is 2. The van der Waals surface area contributed by atoms with Crippen LogP contribution in [-0.4, -0.2) is 57.4 Å². The molecule has 1 aromatic rings. The predicted molar refractivity (Wildman–Crippen MR) is 114 cm³/mol. The Kier molecular flexibility index (Phi) is 10.9. The fourth-order valence-corrected chi connectivity index (χ4v) is 2.95. The van der Waals surface area contributed by atoms with E-state index in [0.717, 1.165) is 51.0 Å². The van der Waals surface area contributed by atoms with Crippen molar-refractivity contribution < 1.29 is 9.47 Å². The van der Waals surface area contributed by atoms with E-state index in [-0.39, 0.29) is 24.0 Å². The number of guanidine groups is 1. The quantitative estimate of drug-likeness (QED) is 0.279. The van der Waals surface area contributed by atoms with Crippen LogP contribution in [0.1, 0.15) is 25.3 Å². The van der Waals surface area contributed by atoms with Gasteiger partial charge in [-0.2, -0.15) is 0 Å². The third-order valence-corrected chi connectivity index (χ3v) is 4.31. The minimum absolute atomic E-state index is 0. The van der Waals surface area contributed by atoms with Crippen molar-refractivity contribution >= 4 is 29.9 Å². The molecule has 1 heterocycles. The molecule has 0 bridgehead atoms. The number of hydrogen-bond donors (Lipinski definition) is 1. The molecule has 1 aromatic carbocycles. The van der Waals surface area contributed by atoms with Crippen LogP contribution in [0.5, 0.6) is 5.75 Å². The molecule has 1 atom stereocenters. The molecule has 0 aromatic heterocycles. The highest BCUT2D eigenvalue weighted by atomic mass is 127. The van der Waals surface area contributed by atoms with E-state index < -0.39 is 0 Å². The summed E-state index contributed by atoms with van der Waals surface area (Å²) in [5.41, 5.74) is 1.18. The Labute approximate surface area is 169 Å². The average molecular weight is 461 g/mol. The second-order valence-corrected chi connectivity index (χ2v) is 6.20. The number of rotatable bonds is 8. The van der Waals surface area contributed by atoms with Gasteiger partial charge in [0.25, 0.3) is 0 Å². The maximum atomic E-state index is 5.83. The predicted octanol–water partition coefficient (Wildman–Crippen LogP) is 3.32. The van der Waals surface area contributed by atoms with Gasteiger partial charge in [-0.05, 0) is 38.3 Å².